The summed E-state index contributed by atoms with van der Waals surface area (Å²) in [6.07, 6.45) is 6.08. The first-order valence-electron chi connectivity index (χ1n) is 6.46. The van der Waals surface area contributed by atoms with Crippen LogP contribution in [0.2, 0.25) is 0 Å². The van der Waals surface area contributed by atoms with Crippen LogP contribution in [0.5, 0.6) is 0 Å². The Kier molecular flexibility index (Phi) is 3.68. The highest BCUT2D eigenvalue weighted by Gasteiger charge is 2.17. The highest BCUT2D eigenvalue weighted by molar-refractivity contribution is 5.84. The fourth-order valence-electron chi connectivity index (χ4n) is 2.39. The van der Waals surface area contributed by atoms with Gasteiger partial charge in [-0.3, -0.25) is 0 Å². The van der Waals surface area contributed by atoms with Crippen molar-refractivity contribution >= 4 is 11.3 Å². The highest BCUT2D eigenvalue weighted by Crippen LogP contribution is 2.31. The van der Waals surface area contributed by atoms with Gasteiger partial charge < -0.3 is 5.32 Å². The second-order valence-electron chi connectivity index (χ2n) is 4.70. The van der Waals surface area contributed by atoms with Crippen molar-refractivity contribution in [1.29, 1.82) is 0 Å². The van der Waals surface area contributed by atoms with Gasteiger partial charge in [0.15, 0.2) is 0 Å². The second kappa shape index (κ2) is 5.22. The Balaban J connectivity index is 2.38. The van der Waals surface area contributed by atoms with Crippen molar-refractivity contribution in [2.75, 3.05) is 6.54 Å². The molecular formula is C16H21N. The van der Waals surface area contributed by atoms with Gasteiger partial charge in [0.1, 0.15) is 0 Å². The van der Waals surface area contributed by atoms with Gasteiger partial charge in [-0.1, -0.05) is 50.6 Å². The molecule has 0 fully saturated rings. The summed E-state index contributed by atoms with van der Waals surface area (Å²) in [5.41, 5.74) is 6.49. The van der Waals surface area contributed by atoms with E-state index in [1.165, 1.54) is 41.5 Å². The zero-order valence-electron chi connectivity index (χ0n) is 10.8. The Bertz CT molecular complexity index is 455. The first-order chi connectivity index (χ1) is 8.24. The molecule has 0 aliphatic carbocycles. The van der Waals surface area contributed by atoms with E-state index in [4.69, 9.17) is 0 Å². The zero-order chi connectivity index (χ0) is 12.3. The minimum atomic E-state index is 0.917. The Hall–Kier alpha value is -1.50. The van der Waals surface area contributed by atoms with Crippen molar-refractivity contribution < 1.29 is 0 Å². The molecule has 1 heterocycles. The molecule has 17 heavy (non-hydrogen) atoms. The maximum Gasteiger partial charge on any atom is 0.0403 e. The molecule has 0 bridgehead atoms. The lowest BCUT2D eigenvalue weighted by Gasteiger charge is -2.25. The van der Waals surface area contributed by atoms with Gasteiger partial charge in [-0.2, -0.15) is 0 Å². The minimum Gasteiger partial charge on any atom is -0.381 e. The lowest BCUT2D eigenvalue weighted by molar-refractivity contribution is 0.813. The first kappa shape index (κ1) is 12.0. The lowest BCUT2D eigenvalue weighted by atomic mass is 9.89. The maximum absolute atomic E-state index is 4.09. The molecular weight excluding hydrogens is 206 g/mol. The molecule has 0 aromatic heterocycles. The van der Waals surface area contributed by atoms with Crippen LogP contribution in [0.25, 0.3) is 11.3 Å². The van der Waals surface area contributed by atoms with E-state index in [2.05, 4.69) is 50.0 Å². The van der Waals surface area contributed by atoms with Crippen LogP contribution < -0.4 is 5.32 Å². The predicted molar refractivity (Wildman–Crippen MR) is 75.7 cm³/mol. The fraction of sp³-hybridized carbons (Fsp3) is 0.375. The van der Waals surface area contributed by atoms with E-state index in [0.717, 1.165) is 12.2 Å². The third-order valence-electron chi connectivity index (χ3n) is 3.36. The van der Waals surface area contributed by atoms with Crippen LogP contribution in [0, 0.1) is 6.92 Å². The number of unbranched alkanes of at least 4 members (excludes halogenated alkanes) is 2. The summed E-state index contributed by atoms with van der Waals surface area (Å²) in [5.74, 6) is 0. The topological polar surface area (TPSA) is 12.0 Å². The van der Waals surface area contributed by atoms with E-state index in [1.807, 2.05) is 0 Å². The van der Waals surface area contributed by atoms with E-state index in [0.29, 0.717) is 0 Å². The number of aryl methyl sites for hydroxylation is 1. The first-order valence-corrected chi connectivity index (χ1v) is 6.46. The number of fused-ring (bicyclic) bond motifs is 1. The second-order valence-corrected chi connectivity index (χ2v) is 4.70. The normalized spacial score (nSPS) is 16.8. The molecule has 1 aromatic carbocycles. The fourth-order valence-corrected chi connectivity index (χ4v) is 2.39. The molecule has 1 aliphatic rings. The largest absolute Gasteiger partial charge is 0.381 e. The van der Waals surface area contributed by atoms with Crippen molar-refractivity contribution in [2.24, 2.45) is 0 Å². The molecule has 2 rings (SSSR count). The molecule has 1 heteroatoms. The third kappa shape index (κ3) is 2.44. The Morgan fingerprint density at radius 1 is 1.41 bits per heavy atom. The SMILES string of the molecule is C=C1NC/C(=C/CCCC)c2c(C)cccc21. The van der Waals surface area contributed by atoms with Crippen LogP contribution in [-0.4, -0.2) is 6.54 Å². The van der Waals surface area contributed by atoms with Crippen LogP contribution >= 0.6 is 0 Å². The van der Waals surface area contributed by atoms with Crippen molar-refractivity contribution in [2.45, 2.75) is 33.1 Å². The summed E-state index contributed by atoms with van der Waals surface area (Å²) in [4.78, 5) is 0. The van der Waals surface area contributed by atoms with Crippen LogP contribution in [0.15, 0.2) is 30.9 Å². The molecule has 1 nitrogen and oxygen atoms in total. The molecule has 0 atom stereocenters. The minimum absolute atomic E-state index is 0.917. The molecule has 1 aromatic rings. The monoisotopic (exact) mass is 227 g/mol. The van der Waals surface area contributed by atoms with Crippen LogP contribution in [0.1, 0.15) is 42.9 Å². The van der Waals surface area contributed by atoms with Gasteiger partial charge in [-0.25, -0.2) is 0 Å². The summed E-state index contributed by atoms with van der Waals surface area (Å²) in [7, 11) is 0. The van der Waals surface area contributed by atoms with E-state index < -0.39 is 0 Å². The summed E-state index contributed by atoms with van der Waals surface area (Å²) in [6, 6.07) is 6.45. The molecule has 0 saturated heterocycles. The van der Waals surface area contributed by atoms with Crippen molar-refractivity contribution in [3.63, 3.8) is 0 Å². The number of rotatable bonds is 3. The number of allylic oxidation sites excluding steroid dienone is 1. The van der Waals surface area contributed by atoms with Gasteiger partial charge in [0, 0.05) is 17.8 Å². The van der Waals surface area contributed by atoms with Crippen molar-refractivity contribution in [3.05, 3.63) is 47.5 Å². The molecule has 0 spiro atoms. The van der Waals surface area contributed by atoms with E-state index in [9.17, 15) is 0 Å². The summed E-state index contributed by atoms with van der Waals surface area (Å²) in [5, 5.41) is 3.38. The summed E-state index contributed by atoms with van der Waals surface area (Å²) >= 11 is 0. The van der Waals surface area contributed by atoms with Crippen LogP contribution in [0.4, 0.5) is 0 Å². The Labute approximate surface area is 104 Å². The van der Waals surface area contributed by atoms with Gasteiger partial charge in [-0.05, 0) is 30.0 Å². The van der Waals surface area contributed by atoms with Crippen LogP contribution in [-0.2, 0) is 0 Å². The number of hydrogen-bond donors (Lipinski definition) is 1. The van der Waals surface area contributed by atoms with E-state index in [1.54, 1.807) is 0 Å². The van der Waals surface area contributed by atoms with Crippen LogP contribution in [0.3, 0.4) is 0 Å². The Morgan fingerprint density at radius 2 is 2.24 bits per heavy atom. The third-order valence-corrected chi connectivity index (χ3v) is 3.36. The molecule has 0 saturated carbocycles. The van der Waals surface area contributed by atoms with Crippen molar-refractivity contribution in [1.82, 2.24) is 5.32 Å². The average Bonchev–Trinajstić information content (AvgIpc) is 2.33. The average molecular weight is 227 g/mol. The van der Waals surface area contributed by atoms with Gasteiger partial charge in [0.25, 0.3) is 0 Å². The summed E-state index contributed by atoms with van der Waals surface area (Å²) < 4.78 is 0. The molecule has 0 unspecified atom stereocenters. The predicted octanol–water partition coefficient (Wildman–Crippen LogP) is 4.14. The van der Waals surface area contributed by atoms with E-state index >= 15 is 0 Å². The molecule has 0 amide bonds. The van der Waals surface area contributed by atoms with Gasteiger partial charge in [0.05, 0.1) is 0 Å². The molecule has 1 aliphatic heterocycles. The van der Waals surface area contributed by atoms with Gasteiger partial charge in [-0.15, -0.1) is 0 Å². The molecule has 90 valence electrons. The molecule has 0 radical (unpaired) electrons. The van der Waals surface area contributed by atoms with Gasteiger partial charge in [0.2, 0.25) is 0 Å². The van der Waals surface area contributed by atoms with Gasteiger partial charge >= 0.3 is 0 Å². The quantitative estimate of drug-likeness (QED) is 0.765. The number of hydrogen-bond acceptors (Lipinski definition) is 1. The van der Waals surface area contributed by atoms with Crippen molar-refractivity contribution in [3.8, 4) is 0 Å². The van der Waals surface area contributed by atoms with E-state index in [-0.39, 0.29) is 0 Å². The zero-order valence-corrected chi connectivity index (χ0v) is 10.8. The highest BCUT2D eigenvalue weighted by atomic mass is 14.9. The molecule has 1 N–H and O–H groups in total. The lowest BCUT2D eigenvalue weighted by Crippen LogP contribution is -2.22. The maximum atomic E-state index is 4.09. The summed E-state index contributed by atoms with van der Waals surface area (Å²) in [6.45, 7) is 9.43. The number of nitrogens with one attached hydrogen (secondary N) is 1. The smallest absolute Gasteiger partial charge is 0.0403 e. The Morgan fingerprint density at radius 3 is 3.00 bits per heavy atom. The number of benzene rings is 1. The standard InChI is InChI=1S/C16H21N/c1-4-5-6-9-14-11-17-13(3)15-10-7-8-12(2)16(14)15/h7-10,17H,3-6,11H2,1-2H3/b14-9-.